The minimum absolute atomic E-state index is 0.0881. The zero-order chi connectivity index (χ0) is 16.4. The SMILES string of the molecule is Cc1nc2ccc(NC(C)C(=O)NC3CCC(C)CC3)cc2s1. The molecule has 1 unspecified atom stereocenters. The summed E-state index contributed by atoms with van der Waals surface area (Å²) in [7, 11) is 0. The molecule has 0 bridgehead atoms. The van der Waals surface area contributed by atoms with Gasteiger partial charge in [-0.2, -0.15) is 0 Å². The van der Waals surface area contributed by atoms with Crippen LogP contribution in [-0.4, -0.2) is 23.0 Å². The topological polar surface area (TPSA) is 54.0 Å². The van der Waals surface area contributed by atoms with Crippen molar-refractivity contribution in [3.8, 4) is 0 Å². The highest BCUT2D eigenvalue weighted by Gasteiger charge is 2.22. The van der Waals surface area contributed by atoms with E-state index in [0.29, 0.717) is 6.04 Å². The number of benzene rings is 1. The molecule has 1 aromatic heterocycles. The lowest BCUT2D eigenvalue weighted by Gasteiger charge is -2.28. The van der Waals surface area contributed by atoms with E-state index >= 15 is 0 Å². The summed E-state index contributed by atoms with van der Waals surface area (Å²) in [6.45, 7) is 6.22. The van der Waals surface area contributed by atoms with Gasteiger partial charge in [0.05, 0.1) is 15.2 Å². The van der Waals surface area contributed by atoms with E-state index in [9.17, 15) is 4.79 Å². The Morgan fingerprint density at radius 1 is 1.30 bits per heavy atom. The molecule has 1 aliphatic rings. The molecule has 1 aliphatic carbocycles. The van der Waals surface area contributed by atoms with Gasteiger partial charge in [0, 0.05) is 11.7 Å². The fourth-order valence-electron chi connectivity index (χ4n) is 3.18. The molecule has 1 fully saturated rings. The molecule has 1 amide bonds. The predicted octanol–water partition coefficient (Wildman–Crippen LogP) is 4.10. The van der Waals surface area contributed by atoms with Gasteiger partial charge in [-0.15, -0.1) is 11.3 Å². The fraction of sp³-hybridized carbons (Fsp3) is 0.556. The molecule has 3 rings (SSSR count). The first-order chi connectivity index (χ1) is 11.0. The number of rotatable bonds is 4. The molecule has 0 aliphatic heterocycles. The standard InChI is InChI=1S/C18H25N3OS/c1-11-4-6-14(7-5-11)21-18(22)12(2)19-15-8-9-16-17(10-15)23-13(3)20-16/h8-12,14,19H,4-7H2,1-3H3,(H,21,22). The number of thiazole rings is 1. The van der Waals surface area contributed by atoms with E-state index < -0.39 is 0 Å². The van der Waals surface area contributed by atoms with E-state index in [-0.39, 0.29) is 11.9 Å². The van der Waals surface area contributed by atoms with Gasteiger partial charge in [-0.1, -0.05) is 6.92 Å². The second-order valence-electron chi connectivity index (χ2n) is 6.75. The number of carbonyl (C=O) groups excluding carboxylic acids is 1. The van der Waals surface area contributed by atoms with Gasteiger partial charge in [-0.3, -0.25) is 4.79 Å². The van der Waals surface area contributed by atoms with E-state index in [2.05, 4.69) is 28.6 Å². The first kappa shape index (κ1) is 16.2. The molecule has 1 heterocycles. The Morgan fingerprint density at radius 3 is 2.78 bits per heavy atom. The summed E-state index contributed by atoms with van der Waals surface area (Å²) < 4.78 is 1.15. The summed E-state index contributed by atoms with van der Waals surface area (Å²) in [6.07, 6.45) is 4.64. The Balaban J connectivity index is 1.58. The van der Waals surface area contributed by atoms with E-state index in [1.807, 2.05) is 26.0 Å². The number of anilines is 1. The monoisotopic (exact) mass is 331 g/mol. The third kappa shape index (κ3) is 4.02. The molecule has 2 N–H and O–H groups in total. The Bertz CT molecular complexity index is 689. The highest BCUT2D eigenvalue weighted by Crippen LogP contribution is 2.25. The van der Waals surface area contributed by atoms with Gasteiger partial charge in [0.15, 0.2) is 0 Å². The second-order valence-corrected chi connectivity index (χ2v) is 7.98. The van der Waals surface area contributed by atoms with Crippen LogP contribution >= 0.6 is 11.3 Å². The van der Waals surface area contributed by atoms with Gasteiger partial charge in [0.25, 0.3) is 0 Å². The lowest BCUT2D eigenvalue weighted by molar-refractivity contribution is -0.122. The minimum atomic E-state index is -0.235. The van der Waals surface area contributed by atoms with Crippen molar-refractivity contribution in [3.05, 3.63) is 23.2 Å². The van der Waals surface area contributed by atoms with Crippen LogP contribution in [0.3, 0.4) is 0 Å². The second kappa shape index (κ2) is 6.87. The summed E-state index contributed by atoms with van der Waals surface area (Å²) in [6, 6.07) is 6.18. The molecule has 5 heteroatoms. The molecule has 0 spiro atoms. The number of amides is 1. The van der Waals surface area contributed by atoms with Crippen LogP contribution in [0.15, 0.2) is 18.2 Å². The predicted molar refractivity (Wildman–Crippen MR) is 97.0 cm³/mol. The molecule has 0 radical (unpaired) electrons. The normalized spacial score (nSPS) is 22.7. The highest BCUT2D eigenvalue weighted by molar-refractivity contribution is 7.18. The zero-order valence-electron chi connectivity index (χ0n) is 14.1. The number of nitrogens with zero attached hydrogens (tertiary/aromatic N) is 1. The van der Waals surface area contributed by atoms with Gasteiger partial charge in [0.1, 0.15) is 6.04 Å². The molecular formula is C18H25N3OS. The van der Waals surface area contributed by atoms with E-state index in [4.69, 9.17) is 0 Å². The van der Waals surface area contributed by atoms with Crippen molar-refractivity contribution in [3.63, 3.8) is 0 Å². The third-order valence-corrected chi connectivity index (χ3v) is 5.57. The summed E-state index contributed by atoms with van der Waals surface area (Å²) in [5, 5.41) is 7.56. The maximum absolute atomic E-state index is 12.4. The summed E-state index contributed by atoms with van der Waals surface area (Å²) in [4.78, 5) is 16.8. The molecule has 124 valence electrons. The molecule has 2 aromatic rings. The maximum atomic E-state index is 12.4. The van der Waals surface area contributed by atoms with Crippen molar-refractivity contribution in [2.75, 3.05) is 5.32 Å². The van der Waals surface area contributed by atoms with Gasteiger partial charge < -0.3 is 10.6 Å². The highest BCUT2D eigenvalue weighted by atomic mass is 32.1. The van der Waals surface area contributed by atoms with Gasteiger partial charge in [-0.05, 0) is 63.6 Å². The van der Waals surface area contributed by atoms with Crippen LogP contribution < -0.4 is 10.6 Å². The van der Waals surface area contributed by atoms with E-state index in [1.54, 1.807) is 11.3 Å². The average Bonchev–Trinajstić information content (AvgIpc) is 2.88. The lowest BCUT2D eigenvalue weighted by Crippen LogP contribution is -2.44. The smallest absolute Gasteiger partial charge is 0.242 e. The van der Waals surface area contributed by atoms with Crippen LogP contribution in [-0.2, 0) is 4.79 Å². The number of carbonyl (C=O) groups is 1. The third-order valence-electron chi connectivity index (χ3n) is 4.63. The van der Waals surface area contributed by atoms with Crippen LogP contribution in [0.5, 0.6) is 0 Å². The Hall–Kier alpha value is -1.62. The minimum Gasteiger partial charge on any atom is -0.374 e. The van der Waals surface area contributed by atoms with Gasteiger partial charge in [-0.25, -0.2) is 4.98 Å². The van der Waals surface area contributed by atoms with Crippen molar-refractivity contribution >= 4 is 33.1 Å². The summed E-state index contributed by atoms with van der Waals surface area (Å²) in [5.41, 5.74) is 1.99. The first-order valence-corrected chi connectivity index (χ1v) is 9.27. The molecule has 1 atom stereocenters. The first-order valence-electron chi connectivity index (χ1n) is 8.45. The van der Waals surface area contributed by atoms with Crippen LogP contribution in [0.1, 0.15) is 44.5 Å². The summed E-state index contributed by atoms with van der Waals surface area (Å²) in [5.74, 6) is 0.887. The molecule has 0 saturated heterocycles. The van der Waals surface area contributed by atoms with Crippen LogP contribution in [0.2, 0.25) is 0 Å². The van der Waals surface area contributed by atoms with Crippen LogP contribution in [0, 0.1) is 12.8 Å². The van der Waals surface area contributed by atoms with Crippen LogP contribution in [0.25, 0.3) is 10.2 Å². The average molecular weight is 331 g/mol. The van der Waals surface area contributed by atoms with Gasteiger partial charge in [0.2, 0.25) is 5.91 Å². The number of nitrogens with one attached hydrogen (secondary N) is 2. The number of aromatic nitrogens is 1. The molecular weight excluding hydrogens is 306 g/mol. The zero-order valence-corrected chi connectivity index (χ0v) is 14.9. The molecule has 1 saturated carbocycles. The Kier molecular flexibility index (Phi) is 4.85. The van der Waals surface area contributed by atoms with Crippen molar-refractivity contribution < 1.29 is 4.79 Å². The van der Waals surface area contributed by atoms with E-state index in [0.717, 1.165) is 39.7 Å². The Labute approximate surface area is 141 Å². The van der Waals surface area contributed by atoms with Crippen molar-refractivity contribution in [2.45, 2.75) is 58.5 Å². The molecule has 1 aromatic carbocycles. The molecule has 4 nitrogen and oxygen atoms in total. The lowest BCUT2D eigenvalue weighted by atomic mass is 9.87. The van der Waals surface area contributed by atoms with Crippen molar-refractivity contribution in [2.24, 2.45) is 5.92 Å². The van der Waals surface area contributed by atoms with E-state index in [1.165, 1.54) is 12.8 Å². The number of hydrogen-bond acceptors (Lipinski definition) is 4. The number of aryl methyl sites for hydroxylation is 1. The number of hydrogen-bond donors (Lipinski definition) is 2. The fourth-order valence-corrected chi connectivity index (χ4v) is 4.04. The van der Waals surface area contributed by atoms with Crippen LogP contribution in [0.4, 0.5) is 5.69 Å². The quantitative estimate of drug-likeness (QED) is 0.887. The number of fused-ring (bicyclic) bond motifs is 1. The van der Waals surface area contributed by atoms with Crippen molar-refractivity contribution in [1.29, 1.82) is 0 Å². The van der Waals surface area contributed by atoms with Crippen molar-refractivity contribution in [1.82, 2.24) is 10.3 Å². The molecule has 23 heavy (non-hydrogen) atoms. The largest absolute Gasteiger partial charge is 0.374 e. The van der Waals surface area contributed by atoms with Gasteiger partial charge >= 0.3 is 0 Å². The Morgan fingerprint density at radius 2 is 2.04 bits per heavy atom. The summed E-state index contributed by atoms with van der Waals surface area (Å²) >= 11 is 1.68. The maximum Gasteiger partial charge on any atom is 0.242 e.